The maximum Gasteiger partial charge on any atom is 0.163 e. The van der Waals surface area contributed by atoms with Crippen molar-refractivity contribution < 1.29 is 4.74 Å². The summed E-state index contributed by atoms with van der Waals surface area (Å²) in [6, 6.07) is 8.71. The minimum atomic E-state index is 0.542. The van der Waals surface area contributed by atoms with Crippen molar-refractivity contribution in [3.63, 3.8) is 0 Å². The van der Waals surface area contributed by atoms with E-state index in [0.717, 1.165) is 64.0 Å². The maximum absolute atomic E-state index is 5.98. The molecule has 0 amide bonds. The monoisotopic (exact) mass is 458 g/mol. The van der Waals surface area contributed by atoms with Crippen LogP contribution in [0.2, 0.25) is 0 Å². The van der Waals surface area contributed by atoms with Crippen molar-refractivity contribution in [2.75, 3.05) is 38.7 Å². The van der Waals surface area contributed by atoms with Crippen LogP contribution >= 0.6 is 0 Å². The highest BCUT2D eigenvalue weighted by molar-refractivity contribution is 5.89. The number of hydrogen-bond acceptors (Lipinski definition) is 8. The second-order valence-electron chi connectivity index (χ2n) is 9.03. The van der Waals surface area contributed by atoms with Gasteiger partial charge >= 0.3 is 0 Å². The Labute approximate surface area is 199 Å². The molecule has 1 saturated heterocycles. The van der Waals surface area contributed by atoms with Crippen LogP contribution in [-0.2, 0) is 13.5 Å². The molecule has 5 rings (SSSR count). The molecule has 34 heavy (non-hydrogen) atoms. The van der Waals surface area contributed by atoms with E-state index in [0.29, 0.717) is 19.1 Å². The van der Waals surface area contributed by atoms with Crippen LogP contribution < -0.4 is 9.64 Å². The van der Waals surface area contributed by atoms with Gasteiger partial charge in [-0.3, -0.25) is 0 Å². The molecule has 4 aromatic rings. The molecule has 9 nitrogen and oxygen atoms in total. The average Bonchev–Trinajstić information content (AvgIpc) is 3.20. The van der Waals surface area contributed by atoms with Gasteiger partial charge in [0.15, 0.2) is 11.6 Å². The summed E-state index contributed by atoms with van der Waals surface area (Å²) < 4.78 is 7.87. The number of aryl methyl sites for hydroxylation is 2. The van der Waals surface area contributed by atoms with E-state index in [2.05, 4.69) is 45.1 Å². The highest BCUT2D eigenvalue weighted by Gasteiger charge is 2.31. The van der Waals surface area contributed by atoms with Gasteiger partial charge in [-0.1, -0.05) is 12.1 Å². The minimum absolute atomic E-state index is 0.542. The molecule has 176 valence electrons. The number of hydrogen-bond donors (Lipinski definition) is 0. The van der Waals surface area contributed by atoms with Crippen LogP contribution in [-0.4, -0.2) is 74.4 Å². The van der Waals surface area contributed by atoms with Crippen molar-refractivity contribution in [2.24, 2.45) is 7.05 Å². The zero-order valence-corrected chi connectivity index (χ0v) is 20.4. The summed E-state index contributed by atoms with van der Waals surface area (Å²) in [5, 5.41) is 9.22. The third kappa shape index (κ3) is 4.19. The number of benzene rings is 1. The molecule has 0 N–H and O–H groups in total. The summed E-state index contributed by atoms with van der Waals surface area (Å²) in [5.74, 6) is 3.30. The highest BCUT2D eigenvalue weighted by Crippen LogP contribution is 2.30. The fourth-order valence-corrected chi connectivity index (χ4v) is 4.29. The zero-order chi connectivity index (χ0) is 23.8. The molecule has 1 fully saturated rings. The Morgan fingerprint density at radius 1 is 1.15 bits per heavy atom. The largest absolute Gasteiger partial charge is 0.494 e. The van der Waals surface area contributed by atoms with Crippen LogP contribution in [0.25, 0.3) is 22.3 Å². The first kappa shape index (κ1) is 22.2. The van der Waals surface area contributed by atoms with Gasteiger partial charge in [0.1, 0.15) is 23.4 Å². The van der Waals surface area contributed by atoms with Gasteiger partial charge in [0.05, 0.1) is 6.61 Å². The highest BCUT2D eigenvalue weighted by atomic mass is 16.5. The quantitative estimate of drug-likeness (QED) is 0.418. The molecule has 9 heteroatoms. The maximum atomic E-state index is 5.98. The summed E-state index contributed by atoms with van der Waals surface area (Å²) in [6.45, 7) is 6.49. The molecular weight excluding hydrogens is 428 g/mol. The van der Waals surface area contributed by atoms with Gasteiger partial charge in [-0.2, -0.15) is 0 Å². The molecule has 0 radical (unpaired) electrons. The SMILES string of the molecule is CCOc1cc(-c2nncn2C)ccc1Cc1ncc2cc(C)nc(N3CC(N(C)C)C3)c2n1. The van der Waals surface area contributed by atoms with Gasteiger partial charge < -0.3 is 19.1 Å². The van der Waals surface area contributed by atoms with Gasteiger partial charge in [-0.05, 0) is 40.1 Å². The first-order valence-corrected chi connectivity index (χ1v) is 11.6. The second-order valence-corrected chi connectivity index (χ2v) is 9.03. The lowest BCUT2D eigenvalue weighted by Gasteiger charge is -2.43. The fourth-order valence-electron chi connectivity index (χ4n) is 4.29. The van der Waals surface area contributed by atoms with Crippen LogP contribution in [0.15, 0.2) is 36.8 Å². The van der Waals surface area contributed by atoms with Crippen LogP contribution in [0.1, 0.15) is 24.0 Å². The molecule has 0 saturated carbocycles. The third-order valence-electron chi connectivity index (χ3n) is 6.30. The van der Waals surface area contributed by atoms with Crippen LogP contribution in [0, 0.1) is 6.92 Å². The molecule has 1 aromatic carbocycles. The Morgan fingerprint density at radius 2 is 1.97 bits per heavy atom. The Balaban J connectivity index is 1.47. The van der Waals surface area contributed by atoms with Crippen molar-refractivity contribution in [1.29, 1.82) is 0 Å². The number of nitrogens with zero attached hydrogens (tertiary/aromatic N) is 8. The Hall–Kier alpha value is -3.59. The summed E-state index contributed by atoms with van der Waals surface area (Å²) >= 11 is 0. The van der Waals surface area contributed by atoms with E-state index < -0.39 is 0 Å². The smallest absolute Gasteiger partial charge is 0.163 e. The Kier molecular flexibility index (Phi) is 5.87. The van der Waals surface area contributed by atoms with Crippen LogP contribution in [0.4, 0.5) is 5.82 Å². The van der Waals surface area contributed by atoms with Gasteiger partial charge in [-0.15, -0.1) is 10.2 Å². The van der Waals surface area contributed by atoms with E-state index in [4.69, 9.17) is 14.7 Å². The molecule has 0 unspecified atom stereocenters. The van der Waals surface area contributed by atoms with Crippen molar-refractivity contribution in [3.05, 3.63) is 53.9 Å². The van der Waals surface area contributed by atoms with E-state index in [-0.39, 0.29) is 0 Å². The summed E-state index contributed by atoms with van der Waals surface area (Å²) in [6.07, 6.45) is 4.17. The second kappa shape index (κ2) is 8.98. The zero-order valence-electron chi connectivity index (χ0n) is 20.4. The summed E-state index contributed by atoms with van der Waals surface area (Å²) in [5.41, 5.74) is 3.87. The summed E-state index contributed by atoms with van der Waals surface area (Å²) in [7, 11) is 6.17. The van der Waals surface area contributed by atoms with E-state index in [1.165, 1.54) is 0 Å². The predicted molar refractivity (Wildman–Crippen MR) is 132 cm³/mol. The number of pyridine rings is 1. The molecule has 0 spiro atoms. The summed E-state index contributed by atoms with van der Waals surface area (Å²) in [4.78, 5) is 19.0. The first-order valence-electron chi connectivity index (χ1n) is 11.6. The number of likely N-dealkylation sites (N-methyl/N-ethyl adjacent to an activating group) is 1. The number of fused-ring (bicyclic) bond motifs is 1. The van der Waals surface area contributed by atoms with Crippen LogP contribution in [0.3, 0.4) is 0 Å². The lowest BCUT2D eigenvalue weighted by atomic mass is 10.1. The normalized spacial score (nSPS) is 14.1. The molecule has 0 aliphatic carbocycles. The molecule has 3 aromatic heterocycles. The van der Waals surface area contributed by atoms with Crippen molar-refractivity contribution >= 4 is 16.7 Å². The molecular formula is C25H30N8O. The molecule has 0 bridgehead atoms. The van der Waals surface area contributed by atoms with Crippen molar-refractivity contribution in [2.45, 2.75) is 26.3 Å². The fraction of sp³-hybridized carbons (Fsp3) is 0.400. The molecule has 1 aliphatic rings. The molecule has 0 atom stereocenters. The lowest BCUT2D eigenvalue weighted by Crippen LogP contribution is -2.57. The van der Waals surface area contributed by atoms with E-state index >= 15 is 0 Å². The molecule has 4 heterocycles. The van der Waals surface area contributed by atoms with Gasteiger partial charge in [-0.25, -0.2) is 15.0 Å². The third-order valence-corrected chi connectivity index (χ3v) is 6.30. The predicted octanol–water partition coefficient (Wildman–Crippen LogP) is 2.87. The Morgan fingerprint density at radius 3 is 2.68 bits per heavy atom. The standard InChI is InChI=1S/C25H30N8O/c1-6-34-21-10-18(24-30-27-15-32(24)5)8-7-17(21)11-22-26-12-19-9-16(2)28-25(23(19)29-22)33-13-20(14-33)31(3)4/h7-10,12,15,20H,6,11,13-14H2,1-5H3. The van der Waals surface area contributed by atoms with E-state index in [9.17, 15) is 0 Å². The number of ether oxygens (including phenoxy) is 1. The van der Waals surface area contributed by atoms with Gasteiger partial charge in [0.2, 0.25) is 0 Å². The van der Waals surface area contributed by atoms with E-state index in [1.807, 2.05) is 49.9 Å². The minimum Gasteiger partial charge on any atom is -0.494 e. The number of aromatic nitrogens is 6. The Bertz CT molecular complexity index is 1330. The van der Waals surface area contributed by atoms with Gasteiger partial charge in [0, 0.05) is 61.0 Å². The van der Waals surface area contributed by atoms with Crippen LogP contribution in [0.5, 0.6) is 5.75 Å². The van der Waals surface area contributed by atoms with Crippen molar-refractivity contribution in [3.8, 4) is 17.1 Å². The topological polar surface area (TPSA) is 85.1 Å². The van der Waals surface area contributed by atoms with Crippen molar-refractivity contribution in [1.82, 2.24) is 34.6 Å². The first-order chi connectivity index (χ1) is 16.4. The molecule has 1 aliphatic heterocycles. The number of anilines is 1. The average molecular weight is 459 g/mol. The lowest BCUT2D eigenvalue weighted by molar-refractivity contribution is 0.246. The van der Waals surface area contributed by atoms with E-state index in [1.54, 1.807) is 6.33 Å². The van der Waals surface area contributed by atoms with Gasteiger partial charge in [0.25, 0.3) is 0 Å². The number of rotatable bonds is 7.